The Hall–Kier alpha value is -3.25. The summed E-state index contributed by atoms with van der Waals surface area (Å²) in [6.07, 6.45) is 1.67. The highest BCUT2D eigenvalue weighted by Crippen LogP contribution is 2.23. The molecule has 0 saturated heterocycles. The first kappa shape index (κ1) is 19.5. The fraction of sp³-hybridized carbons (Fsp3) is 0.0455. The van der Waals surface area contributed by atoms with Crippen LogP contribution in [0.5, 0.6) is 5.75 Å². The number of esters is 1. The number of ether oxygens (including phenoxy) is 1. The average Bonchev–Trinajstić information content (AvgIpc) is 2.71. The van der Waals surface area contributed by atoms with Crippen LogP contribution in [0.3, 0.4) is 0 Å². The second-order valence-electron chi connectivity index (χ2n) is 5.89. The molecule has 0 heterocycles. The van der Waals surface area contributed by atoms with Crippen molar-refractivity contribution in [2.24, 2.45) is 5.10 Å². The molecule has 140 valence electrons. The van der Waals surface area contributed by atoms with Crippen LogP contribution in [0.4, 0.5) is 0 Å². The van der Waals surface area contributed by atoms with E-state index >= 15 is 0 Å². The van der Waals surface area contributed by atoms with Crippen LogP contribution in [0.1, 0.15) is 21.5 Å². The van der Waals surface area contributed by atoms with E-state index in [2.05, 4.69) is 26.5 Å². The van der Waals surface area contributed by atoms with Crippen LogP contribution in [0.2, 0.25) is 0 Å². The highest BCUT2D eigenvalue weighted by molar-refractivity contribution is 9.10. The molecule has 1 amide bonds. The number of amides is 1. The van der Waals surface area contributed by atoms with Gasteiger partial charge in [-0.3, -0.25) is 4.79 Å². The first-order valence-corrected chi connectivity index (χ1v) is 9.34. The highest BCUT2D eigenvalue weighted by Gasteiger charge is 2.11. The number of rotatable bonds is 6. The summed E-state index contributed by atoms with van der Waals surface area (Å²) in [4.78, 5) is 24.3. The van der Waals surface area contributed by atoms with E-state index in [4.69, 9.17) is 4.74 Å². The van der Waals surface area contributed by atoms with Gasteiger partial charge in [0.15, 0.2) is 0 Å². The average molecular weight is 437 g/mol. The van der Waals surface area contributed by atoms with Gasteiger partial charge in [0.05, 0.1) is 18.2 Å². The minimum Gasteiger partial charge on any atom is -0.422 e. The molecule has 1 N–H and O–H groups in total. The first-order chi connectivity index (χ1) is 13.6. The van der Waals surface area contributed by atoms with Crippen LogP contribution in [0, 0.1) is 0 Å². The van der Waals surface area contributed by atoms with Crippen LogP contribution < -0.4 is 10.2 Å². The Balaban J connectivity index is 1.67. The zero-order valence-electron chi connectivity index (χ0n) is 14.8. The molecule has 6 heteroatoms. The molecule has 0 aliphatic rings. The van der Waals surface area contributed by atoms with E-state index < -0.39 is 5.97 Å². The number of carbonyl (C=O) groups excluding carboxylic acids is 2. The van der Waals surface area contributed by atoms with Gasteiger partial charge in [-0.1, -0.05) is 64.5 Å². The van der Waals surface area contributed by atoms with Crippen LogP contribution >= 0.6 is 15.9 Å². The minimum absolute atomic E-state index is 0.229. The van der Waals surface area contributed by atoms with Gasteiger partial charge < -0.3 is 4.74 Å². The van der Waals surface area contributed by atoms with Gasteiger partial charge in [0, 0.05) is 10.0 Å². The Morgan fingerprint density at radius 3 is 2.36 bits per heavy atom. The third kappa shape index (κ3) is 5.62. The highest BCUT2D eigenvalue weighted by atomic mass is 79.9. The molecule has 3 aromatic carbocycles. The molecule has 0 aromatic heterocycles. The monoisotopic (exact) mass is 436 g/mol. The van der Waals surface area contributed by atoms with Crippen molar-refractivity contribution in [2.45, 2.75) is 6.42 Å². The van der Waals surface area contributed by atoms with E-state index in [9.17, 15) is 9.59 Å². The maximum absolute atomic E-state index is 12.3. The Labute approximate surface area is 171 Å². The fourth-order valence-corrected chi connectivity index (χ4v) is 2.82. The summed E-state index contributed by atoms with van der Waals surface area (Å²) in [7, 11) is 0. The summed E-state index contributed by atoms with van der Waals surface area (Å²) in [5.74, 6) is -0.357. The van der Waals surface area contributed by atoms with E-state index in [1.165, 1.54) is 6.21 Å². The van der Waals surface area contributed by atoms with E-state index in [-0.39, 0.29) is 12.3 Å². The molecule has 28 heavy (non-hydrogen) atoms. The van der Waals surface area contributed by atoms with E-state index in [0.29, 0.717) is 16.9 Å². The lowest BCUT2D eigenvalue weighted by Crippen LogP contribution is -2.19. The second-order valence-corrected chi connectivity index (χ2v) is 6.81. The molecule has 0 unspecified atom stereocenters. The number of hydrazone groups is 1. The zero-order valence-corrected chi connectivity index (χ0v) is 16.4. The normalized spacial score (nSPS) is 10.6. The van der Waals surface area contributed by atoms with Crippen molar-refractivity contribution in [1.82, 2.24) is 5.43 Å². The summed E-state index contributed by atoms with van der Waals surface area (Å²) in [5.41, 5.74) is 4.39. The van der Waals surface area contributed by atoms with Gasteiger partial charge in [-0.25, -0.2) is 10.2 Å². The topological polar surface area (TPSA) is 67.8 Å². The molecule has 3 rings (SSSR count). The second kappa shape index (κ2) is 9.62. The molecule has 3 aromatic rings. The van der Waals surface area contributed by atoms with Gasteiger partial charge in [-0.2, -0.15) is 5.10 Å². The molecule has 0 bridgehead atoms. The quantitative estimate of drug-likeness (QED) is 0.270. The molecule has 0 spiro atoms. The minimum atomic E-state index is -0.467. The van der Waals surface area contributed by atoms with Crippen LogP contribution in [-0.4, -0.2) is 18.1 Å². The van der Waals surface area contributed by atoms with E-state index in [1.54, 1.807) is 42.5 Å². The lowest BCUT2D eigenvalue weighted by atomic mass is 10.1. The SMILES string of the molecule is O=C(Cc1ccccc1)N/N=C\c1cc(Br)ccc1OC(=O)c1ccccc1. The lowest BCUT2D eigenvalue weighted by Gasteiger charge is -2.08. The molecule has 0 aliphatic carbocycles. The largest absolute Gasteiger partial charge is 0.422 e. The fourth-order valence-electron chi connectivity index (χ4n) is 2.44. The van der Waals surface area contributed by atoms with Gasteiger partial charge in [-0.15, -0.1) is 0 Å². The van der Waals surface area contributed by atoms with Gasteiger partial charge in [0.25, 0.3) is 0 Å². The summed E-state index contributed by atoms with van der Waals surface area (Å²) >= 11 is 3.38. The predicted octanol–water partition coefficient (Wildman–Crippen LogP) is 4.36. The summed E-state index contributed by atoms with van der Waals surface area (Å²) in [5, 5.41) is 3.98. The van der Waals surface area contributed by atoms with Crippen LogP contribution in [-0.2, 0) is 11.2 Å². The van der Waals surface area contributed by atoms with Crippen molar-refractivity contribution in [1.29, 1.82) is 0 Å². The molecule has 0 aliphatic heterocycles. The number of nitrogens with zero attached hydrogens (tertiary/aromatic N) is 1. The van der Waals surface area contributed by atoms with Gasteiger partial charge >= 0.3 is 5.97 Å². The van der Waals surface area contributed by atoms with Crippen molar-refractivity contribution in [3.63, 3.8) is 0 Å². The number of hydrogen-bond acceptors (Lipinski definition) is 4. The number of nitrogens with one attached hydrogen (secondary N) is 1. The van der Waals surface area contributed by atoms with Gasteiger partial charge in [0.2, 0.25) is 5.91 Å². The Morgan fingerprint density at radius 2 is 1.64 bits per heavy atom. The number of hydrogen-bond donors (Lipinski definition) is 1. The summed E-state index contributed by atoms with van der Waals surface area (Å²) < 4.78 is 6.27. The Bertz CT molecular complexity index is 989. The number of carbonyl (C=O) groups is 2. The molecule has 0 radical (unpaired) electrons. The van der Waals surface area contributed by atoms with E-state index in [1.807, 2.05) is 36.4 Å². The number of benzene rings is 3. The van der Waals surface area contributed by atoms with Crippen molar-refractivity contribution >= 4 is 34.0 Å². The van der Waals surface area contributed by atoms with Gasteiger partial charge in [-0.05, 0) is 35.9 Å². The van der Waals surface area contributed by atoms with Crippen molar-refractivity contribution in [3.8, 4) is 5.75 Å². The third-order valence-corrected chi connectivity index (χ3v) is 4.28. The summed E-state index contributed by atoms with van der Waals surface area (Å²) in [6, 6.07) is 23.3. The van der Waals surface area contributed by atoms with Crippen LogP contribution in [0.15, 0.2) is 88.4 Å². The van der Waals surface area contributed by atoms with Crippen LogP contribution in [0.25, 0.3) is 0 Å². The van der Waals surface area contributed by atoms with Crippen molar-refractivity contribution < 1.29 is 14.3 Å². The maximum Gasteiger partial charge on any atom is 0.343 e. The zero-order chi connectivity index (χ0) is 19.8. The van der Waals surface area contributed by atoms with Crippen molar-refractivity contribution in [2.75, 3.05) is 0 Å². The van der Waals surface area contributed by atoms with Crippen molar-refractivity contribution in [3.05, 3.63) is 100 Å². The van der Waals surface area contributed by atoms with E-state index in [0.717, 1.165) is 10.0 Å². The molecule has 0 atom stereocenters. The smallest absolute Gasteiger partial charge is 0.343 e. The molecular formula is C22H17BrN2O3. The molecule has 0 fully saturated rings. The third-order valence-electron chi connectivity index (χ3n) is 3.78. The molecule has 0 saturated carbocycles. The molecule has 5 nitrogen and oxygen atoms in total. The Kier molecular flexibility index (Phi) is 6.70. The standard InChI is InChI=1S/C22H17BrN2O3/c23-19-11-12-20(28-22(27)17-9-5-2-6-10-17)18(14-19)15-24-25-21(26)13-16-7-3-1-4-8-16/h1-12,14-15H,13H2,(H,25,26)/b24-15-. The first-order valence-electron chi connectivity index (χ1n) is 8.54. The lowest BCUT2D eigenvalue weighted by molar-refractivity contribution is -0.120. The Morgan fingerprint density at radius 1 is 0.964 bits per heavy atom. The number of halogens is 1. The predicted molar refractivity (Wildman–Crippen MR) is 111 cm³/mol. The maximum atomic E-state index is 12.3. The summed E-state index contributed by atoms with van der Waals surface area (Å²) in [6.45, 7) is 0. The molecular weight excluding hydrogens is 420 g/mol. The van der Waals surface area contributed by atoms with Gasteiger partial charge in [0.1, 0.15) is 5.75 Å².